The molecule has 2 heterocycles. The molecule has 2 rings (SSSR count). The van der Waals surface area contributed by atoms with Gasteiger partial charge in [0.1, 0.15) is 9.21 Å². The van der Waals surface area contributed by atoms with Gasteiger partial charge < -0.3 is 5.73 Å². The Balaban J connectivity index is 2.39. The van der Waals surface area contributed by atoms with Gasteiger partial charge in [-0.2, -0.15) is 0 Å². The van der Waals surface area contributed by atoms with Crippen molar-refractivity contribution in [2.75, 3.05) is 4.72 Å². The average molecular weight is 368 g/mol. The van der Waals surface area contributed by atoms with Gasteiger partial charge in [0.15, 0.2) is 4.34 Å². The number of hydrogen-bond acceptors (Lipinski definition) is 7. The zero-order valence-corrected chi connectivity index (χ0v) is 13.1. The molecule has 0 aliphatic rings. The van der Waals surface area contributed by atoms with Crippen LogP contribution in [0.1, 0.15) is 10.4 Å². The third kappa shape index (κ3) is 3.15. The fraction of sp³-hybridized carbons (Fsp3) is 0. The number of primary amides is 1. The van der Waals surface area contributed by atoms with Crippen LogP contribution >= 0.6 is 34.3 Å². The van der Waals surface area contributed by atoms with Crippen molar-refractivity contribution in [1.29, 1.82) is 0 Å². The van der Waals surface area contributed by atoms with Crippen LogP contribution in [0, 0.1) is 10.1 Å². The van der Waals surface area contributed by atoms with Crippen molar-refractivity contribution in [3.63, 3.8) is 0 Å². The number of sulfonamides is 1. The predicted octanol–water partition coefficient (Wildman–Crippen LogP) is 2.27. The molecular weight excluding hydrogens is 362 g/mol. The lowest BCUT2D eigenvalue weighted by Gasteiger charge is -2.04. The second kappa shape index (κ2) is 5.60. The second-order valence-corrected chi connectivity index (χ2v) is 8.09. The van der Waals surface area contributed by atoms with Crippen molar-refractivity contribution in [2.45, 2.75) is 4.21 Å². The molecule has 0 fully saturated rings. The summed E-state index contributed by atoms with van der Waals surface area (Å²) in [6.45, 7) is 0. The Morgan fingerprint density at radius 2 is 2.14 bits per heavy atom. The van der Waals surface area contributed by atoms with Crippen LogP contribution < -0.4 is 10.5 Å². The first-order valence-electron chi connectivity index (χ1n) is 5.06. The zero-order valence-electron chi connectivity index (χ0n) is 9.90. The van der Waals surface area contributed by atoms with Crippen LogP contribution in [0.25, 0.3) is 0 Å². The number of halogens is 1. The number of anilines is 1. The number of hydrogen-bond donors (Lipinski definition) is 2. The Hall–Kier alpha value is -1.69. The normalized spacial score (nSPS) is 11.3. The molecule has 0 bridgehead atoms. The third-order valence-electron chi connectivity index (χ3n) is 2.27. The van der Waals surface area contributed by atoms with Crippen molar-refractivity contribution >= 4 is 60.9 Å². The molecule has 112 valence electrons. The monoisotopic (exact) mass is 367 g/mol. The van der Waals surface area contributed by atoms with Crippen molar-refractivity contribution in [2.24, 2.45) is 5.73 Å². The lowest BCUT2D eigenvalue weighted by atomic mass is 10.3. The molecule has 0 radical (unpaired) electrons. The quantitative estimate of drug-likeness (QED) is 0.617. The summed E-state index contributed by atoms with van der Waals surface area (Å²) in [5.74, 6) is -0.788. The van der Waals surface area contributed by atoms with Crippen LogP contribution in [0.4, 0.5) is 10.7 Å². The highest BCUT2D eigenvalue weighted by molar-refractivity contribution is 7.95. The molecular formula is C9H6ClN3O5S3. The molecule has 0 spiro atoms. The van der Waals surface area contributed by atoms with Crippen molar-refractivity contribution in [3.8, 4) is 0 Å². The van der Waals surface area contributed by atoms with Gasteiger partial charge in [0.25, 0.3) is 21.6 Å². The van der Waals surface area contributed by atoms with Gasteiger partial charge in [0.2, 0.25) is 0 Å². The van der Waals surface area contributed by atoms with E-state index in [0.29, 0.717) is 11.3 Å². The lowest BCUT2D eigenvalue weighted by molar-refractivity contribution is -0.384. The summed E-state index contributed by atoms with van der Waals surface area (Å²) in [5.41, 5.74) is 4.63. The van der Waals surface area contributed by atoms with E-state index >= 15 is 0 Å². The predicted molar refractivity (Wildman–Crippen MR) is 79.6 cm³/mol. The largest absolute Gasteiger partial charge is 0.366 e. The summed E-state index contributed by atoms with van der Waals surface area (Å²) in [7, 11) is -4.09. The van der Waals surface area contributed by atoms with Gasteiger partial charge in [0.05, 0.1) is 10.5 Å². The number of nitrogens with zero attached hydrogens (tertiary/aromatic N) is 1. The smallest absolute Gasteiger partial charge is 0.300 e. The van der Waals surface area contributed by atoms with E-state index in [9.17, 15) is 23.3 Å². The molecule has 0 atom stereocenters. The highest BCUT2D eigenvalue weighted by Gasteiger charge is 2.26. The minimum atomic E-state index is -4.09. The number of nitro groups is 1. The Kier molecular flexibility index (Phi) is 4.18. The minimum absolute atomic E-state index is 0.0146. The first-order valence-corrected chi connectivity index (χ1v) is 8.62. The van der Waals surface area contributed by atoms with E-state index in [1.807, 2.05) is 0 Å². The molecule has 0 aromatic carbocycles. The maximum absolute atomic E-state index is 12.1. The highest BCUT2D eigenvalue weighted by atomic mass is 35.5. The van der Waals surface area contributed by atoms with Gasteiger partial charge in [-0.1, -0.05) is 11.6 Å². The molecule has 8 nitrogen and oxygen atoms in total. The molecule has 2 aromatic rings. The summed E-state index contributed by atoms with van der Waals surface area (Å²) in [4.78, 5) is 21.0. The summed E-state index contributed by atoms with van der Waals surface area (Å²) in [6, 6.07) is 2.22. The van der Waals surface area contributed by atoms with Gasteiger partial charge in [0, 0.05) is 6.07 Å². The molecule has 3 N–H and O–H groups in total. The van der Waals surface area contributed by atoms with Gasteiger partial charge in [-0.25, -0.2) is 8.42 Å². The number of nitrogens with two attached hydrogens (primary N) is 1. The number of carbonyl (C=O) groups excluding carboxylic acids is 1. The van der Waals surface area contributed by atoms with E-state index in [1.165, 1.54) is 11.4 Å². The maximum Gasteiger partial charge on any atom is 0.300 e. The Morgan fingerprint density at radius 3 is 2.67 bits per heavy atom. The molecule has 0 aliphatic carbocycles. The van der Waals surface area contributed by atoms with Crippen LogP contribution in [0.5, 0.6) is 0 Å². The number of nitrogens with one attached hydrogen (secondary N) is 1. The summed E-state index contributed by atoms with van der Waals surface area (Å²) >= 11 is 7.13. The molecule has 1 amide bonds. The van der Waals surface area contributed by atoms with E-state index in [2.05, 4.69) is 4.72 Å². The van der Waals surface area contributed by atoms with Crippen LogP contribution in [-0.2, 0) is 10.0 Å². The lowest BCUT2D eigenvalue weighted by Crippen LogP contribution is -2.16. The minimum Gasteiger partial charge on any atom is -0.366 e. The molecule has 2 aromatic heterocycles. The highest BCUT2D eigenvalue weighted by Crippen LogP contribution is 2.37. The fourth-order valence-corrected chi connectivity index (χ4v) is 5.14. The van der Waals surface area contributed by atoms with E-state index < -0.39 is 26.5 Å². The van der Waals surface area contributed by atoms with E-state index in [-0.39, 0.29) is 19.1 Å². The van der Waals surface area contributed by atoms with Crippen LogP contribution in [-0.4, -0.2) is 19.2 Å². The Bertz CT molecular complexity index is 826. The zero-order chi connectivity index (χ0) is 15.8. The average Bonchev–Trinajstić information content (AvgIpc) is 2.95. The van der Waals surface area contributed by atoms with Gasteiger partial charge >= 0.3 is 0 Å². The first-order chi connectivity index (χ1) is 9.72. The molecule has 12 heteroatoms. The van der Waals surface area contributed by atoms with E-state index in [0.717, 1.165) is 17.4 Å². The number of carbonyl (C=O) groups is 1. The van der Waals surface area contributed by atoms with E-state index in [4.69, 9.17) is 17.3 Å². The molecule has 0 saturated carbocycles. The number of amides is 1. The van der Waals surface area contributed by atoms with Gasteiger partial charge in [-0.3, -0.25) is 19.6 Å². The second-order valence-electron chi connectivity index (χ2n) is 3.61. The standard InChI is InChI=1S/C9H6ClN3O5S3/c10-7-5(13(15)16)3-6(20-7)21(17,18)12-9-4(8(11)14)1-2-19-9/h1-3,12H,(H2,11,14). The SMILES string of the molecule is NC(=O)c1ccsc1NS(=O)(=O)c1cc([N+](=O)[O-])c(Cl)s1. The number of rotatable bonds is 5. The maximum atomic E-state index is 12.1. The fourth-order valence-electron chi connectivity index (χ4n) is 1.35. The molecule has 0 unspecified atom stereocenters. The van der Waals surface area contributed by atoms with Gasteiger partial charge in [-0.05, 0) is 11.4 Å². The topological polar surface area (TPSA) is 132 Å². The van der Waals surface area contributed by atoms with Crippen molar-refractivity contribution in [3.05, 3.63) is 37.5 Å². The molecule has 21 heavy (non-hydrogen) atoms. The molecule has 0 saturated heterocycles. The molecule has 0 aliphatic heterocycles. The first kappa shape index (κ1) is 15.7. The van der Waals surface area contributed by atoms with Crippen LogP contribution in [0.15, 0.2) is 21.7 Å². The van der Waals surface area contributed by atoms with Gasteiger partial charge in [-0.15, -0.1) is 22.7 Å². The summed E-state index contributed by atoms with van der Waals surface area (Å²) in [6.07, 6.45) is 0. The number of thiophene rings is 2. The summed E-state index contributed by atoms with van der Waals surface area (Å²) < 4.78 is 25.9. The van der Waals surface area contributed by atoms with Crippen LogP contribution in [0.3, 0.4) is 0 Å². The Labute approximate surface area is 131 Å². The van der Waals surface area contributed by atoms with Crippen molar-refractivity contribution < 1.29 is 18.1 Å². The van der Waals surface area contributed by atoms with E-state index in [1.54, 1.807) is 0 Å². The van der Waals surface area contributed by atoms with Crippen LogP contribution in [0.2, 0.25) is 4.34 Å². The third-order valence-corrected chi connectivity index (χ3v) is 6.39. The van der Waals surface area contributed by atoms with Crippen molar-refractivity contribution in [1.82, 2.24) is 0 Å². The Morgan fingerprint density at radius 1 is 1.48 bits per heavy atom. The summed E-state index contributed by atoms with van der Waals surface area (Å²) in [5, 5.41) is 12.2.